The van der Waals surface area contributed by atoms with Gasteiger partial charge in [0.05, 0.1) is 13.5 Å². The number of aromatic nitrogens is 3. The lowest BCUT2D eigenvalue weighted by molar-refractivity contribution is -0.140. The second-order valence-electron chi connectivity index (χ2n) is 5.66. The van der Waals surface area contributed by atoms with E-state index in [9.17, 15) is 4.79 Å². The highest BCUT2D eigenvalue weighted by Crippen LogP contribution is 2.29. The number of methoxy groups -OCH3 is 1. The van der Waals surface area contributed by atoms with Crippen LogP contribution in [0.15, 0.2) is 53.7 Å². The molecule has 0 amide bonds. The van der Waals surface area contributed by atoms with E-state index >= 15 is 0 Å². The van der Waals surface area contributed by atoms with Crippen molar-refractivity contribution < 1.29 is 9.53 Å². The van der Waals surface area contributed by atoms with Crippen molar-refractivity contribution in [3.05, 3.63) is 59.1 Å². The van der Waals surface area contributed by atoms with Gasteiger partial charge in [0.2, 0.25) is 0 Å². The van der Waals surface area contributed by atoms with Gasteiger partial charge in [-0.3, -0.25) is 9.36 Å². The van der Waals surface area contributed by atoms with E-state index in [2.05, 4.69) is 16.3 Å². The number of esters is 1. The van der Waals surface area contributed by atoms with Crippen LogP contribution in [-0.4, -0.2) is 33.6 Å². The first kappa shape index (κ1) is 18.5. The van der Waals surface area contributed by atoms with E-state index in [1.807, 2.05) is 54.0 Å². The van der Waals surface area contributed by atoms with Crippen LogP contribution in [0.4, 0.5) is 0 Å². The van der Waals surface area contributed by atoms with Gasteiger partial charge in [0, 0.05) is 22.0 Å². The fraction of sp³-hybridized carbons (Fsp3) is 0.211. The van der Waals surface area contributed by atoms with Gasteiger partial charge in [0.1, 0.15) is 0 Å². The highest BCUT2D eigenvalue weighted by molar-refractivity contribution is 7.99. The van der Waals surface area contributed by atoms with Crippen LogP contribution < -0.4 is 0 Å². The van der Waals surface area contributed by atoms with Crippen LogP contribution in [0.2, 0.25) is 5.02 Å². The molecule has 0 aliphatic heterocycles. The van der Waals surface area contributed by atoms with Crippen LogP contribution in [0.1, 0.15) is 12.0 Å². The summed E-state index contributed by atoms with van der Waals surface area (Å²) in [6, 6.07) is 15.6. The Hall–Kier alpha value is -2.31. The van der Waals surface area contributed by atoms with E-state index in [1.165, 1.54) is 18.9 Å². The molecule has 0 radical (unpaired) electrons. The fourth-order valence-corrected chi connectivity index (χ4v) is 3.47. The maximum Gasteiger partial charge on any atom is 0.306 e. The molecule has 0 atom stereocenters. The number of ether oxygens (including phenoxy) is 1. The third-order valence-corrected chi connectivity index (χ3v) is 4.94. The Kier molecular flexibility index (Phi) is 5.96. The molecule has 0 saturated heterocycles. The number of carbonyl (C=O) groups is 1. The van der Waals surface area contributed by atoms with Crippen LogP contribution in [-0.2, 0) is 9.53 Å². The summed E-state index contributed by atoms with van der Waals surface area (Å²) < 4.78 is 6.70. The molecule has 26 heavy (non-hydrogen) atoms. The van der Waals surface area contributed by atoms with Crippen molar-refractivity contribution in [2.75, 3.05) is 12.9 Å². The number of carbonyl (C=O) groups excluding carboxylic acids is 1. The highest BCUT2D eigenvalue weighted by Gasteiger charge is 2.16. The molecule has 0 fully saturated rings. The highest BCUT2D eigenvalue weighted by atomic mass is 35.5. The predicted molar refractivity (Wildman–Crippen MR) is 104 cm³/mol. The second-order valence-corrected chi connectivity index (χ2v) is 7.16. The topological polar surface area (TPSA) is 57.0 Å². The third-order valence-electron chi connectivity index (χ3n) is 3.76. The van der Waals surface area contributed by atoms with Crippen LogP contribution in [0.25, 0.3) is 17.1 Å². The van der Waals surface area contributed by atoms with E-state index in [0.29, 0.717) is 17.2 Å². The lowest BCUT2D eigenvalue weighted by Gasteiger charge is -2.11. The Morgan fingerprint density at radius 3 is 2.65 bits per heavy atom. The summed E-state index contributed by atoms with van der Waals surface area (Å²) in [7, 11) is 1.39. The number of halogens is 1. The predicted octanol–water partition coefficient (Wildman–Crippen LogP) is 4.55. The Labute approximate surface area is 161 Å². The molecule has 0 spiro atoms. The van der Waals surface area contributed by atoms with Gasteiger partial charge in [-0.25, -0.2) is 0 Å². The quantitative estimate of drug-likeness (QED) is 0.458. The molecule has 2 aromatic carbocycles. The average molecular weight is 388 g/mol. The van der Waals surface area contributed by atoms with Gasteiger partial charge in [0.15, 0.2) is 11.0 Å². The Morgan fingerprint density at radius 1 is 1.19 bits per heavy atom. The molecule has 3 aromatic rings. The number of nitrogens with zero attached hydrogens (tertiary/aromatic N) is 3. The molecular formula is C19H18ClN3O2S. The Morgan fingerprint density at radius 2 is 1.96 bits per heavy atom. The number of hydrogen-bond donors (Lipinski definition) is 0. The van der Waals surface area contributed by atoms with E-state index in [1.54, 1.807) is 0 Å². The maximum atomic E-state index is 11.4. The Bertz CT molecular complexity index is 909. The minimum atomic E-state index is -0.239. The summed E-state index contributed by atoms with van der Waals surface area (Å²) >= 11 is 7.48. The lowest BCUT2D eigenvalue weighted by atomic mass is 10.2. The van der Waals surface area contributed by atoms with Crippen molar-refractivity contribution in [2.24, 2.45) is 0 Å². The van der Waals surface area contributed by atoms with E-state index < -0.39 is 0 Å². The molecule has 0 saturated carbocycles. The molecule has 0 aliphatic rings. The van der Waals surface area contributed by atoms with Gasteiger partial charge >= 0.3 is 5.97 Å². The molecule has 0 N–H and O–H groups in total. The standard InChI is InChI=1S/C19H18ClN3O2S/c1-13-4-3-5-16(12-13)23-18(14-6-8-15(20)9-7-14)21-22-19(23)26-11-10-17(24)25-2/h3-9,12H,10-11H2,1-2H3. The summed E-state index contributed by atoms with van der Waals surface area (Å²) in [5.74, 6) is 1.06. The smallest absolute Gasteiger partial charge is 0.306 e. The van der Waals surface area contributed by atoms with Crippen LogP contribution in [0, 0.1) is 6.92 Å². The van der Waals surface area contributed by atoms with Crippen molar-refractivity contribution >= 4 is 29.3 Å². The molecule has 0 bridgehead atoms. The molecule has 5 nitrogen and oxygen atoms in total. The monoisotopic (exact) mass is 387 g/mol. The molecular weight excluding hydrogens is 370 g/mol. The van der Waals surface area contributed by atoms with Gasteiger partial charge in [-0.15, -0.1) is 10.2 Å². The summed E-state index contributed by atoms with van der Waals surface area (Å²) in [6.07, 6.45) is 0.318. The summed E-state index contributed by atoms with van der Waals surface area (Å²) in [6.45, 7) is 2.04. The maximum absolute atomic E-state index is 11.4. The number of aryl methyl sites for hydroxylation is 1. The SMILES string of the molecule is COC(=O)CCSc1nnc(-c2ccc(Cl)cc2)n1-c1cccc(C)c1. The van der Waals surface area contributed by atoms with Crippen molar-refractivity contribution in [2.45, 2.75) is 18.5 Å². The summed E-state index contributed by atoms with van der Waals surface area (Å²) in [4.78, 5) is 11.4. The molecule has 3 rings (SSSR count). The molecule has 1 aromatic heterocycles. The Balaban J connectivity index is 1.99. The normalized spacial score (nSPS) is 10.7. The largest absolute Gasteiger partial charge is 0.469 e. The third kappa shape index (κ3) is 4.26. The first-order valence-corrected chi connectivity index (χ1v) is 9.43. The first-order valence-electron chi connectivity index (χ1n) is 8.06. The summed E-state index contributed by atoms with van der Waals surface area (Å²) in [5.41, 5.74) is 3.03. The molecule has 134 valence electrons. The van der Waals surface area contributed by atoms with Gasteiger partial charge < -0.3 is 4.74 Å². The first-order chi connectivity index (χ1) is 12.6. The van der Waals surface area contributed by atoms with Crippen LogP contribution in [0.3, 0.4) is 0 Å². The molecule has 0 unspecified atom stereocenters. The summed E-state index contributed by atoms with van der Waals surface area (Å²) in [5, 5.41) is 10.1. The van der Waals surface area contributed by atoms with Crippen molar-refractivity contribution in [3.8, 4) is 17.1 Å². The lowest BCUT2D eigenvalue weighted by Crippen LogP contribution is -2.03. The van der Waals surface area contributed by atoms with E-state index in [0.717, 1.165) is 27.8 Å². The van der Waals surface area contributed by atoms with Gasteiger partial charge in [-0.2, -0.15) is 0 Å². The van der Waals surface area contributed by atoms with Crippen molar-refractivity contribution in [1.82, 2.24) is 14.8 Å². The van der Waals surface area contributed by atoms with Crippen LogP contribution >= 0.6 is 23.4 Å². The van der Waals surface area contributed by atoms with Crippen molar-refractivity contribution in [3.63, 3.8) is 0 Å². The molecule has 0 aliphatic carbocycles. The van der Waals surface area contributed by atoms with Crippen molar-refractivity contribution in [1.29, 1.82) is 0 Å². The van der Waals surface area contributed by atoms with E-state index in [4.69, 9.17) is 16.3 Å². The number of hydrogen-bond acceptors (Lipinski definition) is 5. The fourth-order valence-electron chi connectivity index (χ4n) is 2.48. The zero-order chi connectivity index (χ0) is 18.5. The zero-order valence-corrected chi connectivity index (χ0v) is 16.0. The molecule has 1 heterocycles. The number of rotatable bonds is 6. The average Bonchev–Trinajstić information content (AvgIpc) is 3.06. The minimum absolute atomic E-state index is 0.239. The van der Waals surface area contributed by atoms with Gasteiger partial charge in [-0.05, 0) is 48.9 Å². The van der Waals surface area contributed by atoms with Crippen LogP contribution in [0.5, 0.6) is 0 Å². The minimum Gasteiger partial charge on any atom is -0.469 e. The second kappa shape index (κ2) is 8.38. The zero-order valence-electron chi connectivity index (χ0n) is 14.5. The number of thioether (sulfide) groups is 1. The van der Waals surface area contributed by atoms with Gasteiger partial charge in [0.25, 0.3) is 0 Å². The van der Waals surface area contributed by atoms with E-state index in [-0.39, 0.29) is 5.97 Å². The van der Waals surface area contributed by atoms with Gasteiger partial charge in [-0.1, -0.05) is 35.5 Å². The molecule has 7 heteroatoms. The number of benzene rings is 2.